The monoisotopic (exact) mass is 349 g/mol. The number of nitriles is 1. The number of benzene rings is 1. The highest BCUT2D eigenvalue weighted by Gasteiger charge is 2.30. The Labute approximate surface area is 145 Å². The van der Waals surface area contributed by atoms with Crippen LogP contribution in [0.1, 0.15) is 43.9 Å². The number of hydrogen-bond acceptors (Lipinski definition) is 4. The molecule has 1 unspecified atom stereocenters. The summed E-state index contributed by atoms with van der Waals surface area (Å²) in [4.78, 5) is 2.08. The highest BCUT2D eigenvalue weighted by atomic mass is 32.2. The van der Waals surface area contributed by atoms with E-state index in [2.05, 4.69) is 30.0 Å². The van der Waals surface area contributed by atoms with Crippen molar-refractivity contribution in [3.8, 4) is 6.07 Å². The summed E-state index contributed by atoms with van der Waals surface area (Å²) in [6.45, 7) is 6.23. The first kappa shape index (κ1) is 18.9. The average Bonchev–Trinajstić information content (AvgIpc) is 2.62. The van der Waals surface area contributed by atoms with Crippen molar-refractivity contribution in [1.82, 2.24) is 9.21 Å². The molecule has 5 nitrogen and oxygen atoms in total. The number of nitrogens with zero attached hydrogens (tertiary/aromatic N) is 3. The molecule has 24 heavy (non-hydrogen) atoms. The van der Waals surface area contributed by atoms with E-state index in [1.54, 1.807) is 4.31 Å². The van der Waals surface area contributed by atoms with Gasteiger partial charge in [-0.2, -0.15) is 9.57 Å². The SMILES string of the molecule is CCCCS(=O)(=O)N1CCN(C(C#N)c2ccc(CC)cc2)CC1. The second-order valence-corrected chi connectivity index (χ2v) is 8.32. The van der Waals surface area contributed by atoms with Crippen molar-refractivity contribution in [2.75, 3.05) is 31.9 Å². The van der Waals surface area contributed by atoms with E-state index in [-0.39, 0.29) is 11.8 Å². The van der Waals surface area contributed by atoms with Gasteiger partial charge in [-0.15, -0.1) is 0 Å². The third-order valence-corrected chi connectivity index (χ3v) is 6.57. The summed E-state index contributed by atoms with van der Waals surface area (Å²) in [5.74, 6) is 0.226. The summed E-state index contributed by atoms with van der Waals surface area (Å²) >= 11 is 0. The van der Waals surface area contributed by atoms with Gasteiger partial charge in [0.1, 0.15) is 6.04 Å². The minimum atomic E-state index is -3.15. The van der Waals surface area contributed by atoms with Crippen LogP contribution in [-0.2, 0) is 16.4 Å². The lowest BCUT2D eigenvalue weighted by Gasteiger charge is -2.36. The molecule has 1 heterocycles. The Kier molecular flexibility index (Phi) is 6.79. The number of piperazine rings is 1. The minimum Gasteiger partial charge on any atom is -0.282 e. The molecule has 0 aliphatic carbocycles. The quantitative estimate of drug-likeness (QED) is 0.759. The molecule has 132 valence electrons. The van der Waals surface area contributed by atoms with Gasteiger partial charge in [0, 0.05) is 26.2 Å². The lowest BCUT2D eigenvalue weighted by Crippen LogP contribution is -2.50. The van der Waals surface area contributed by atoms with Crippen LogP contribution in [0, 0.1) is 11.3 Å². The summed E-state index contributed by atoms with van der Waals surface area (Å²) in [7, 11) is -3.15. The first-order chi connectivity index (χ1) is 11.5. The van der Waals surface area contributed by atoms with Crippen LogP contribution in [0.2, 0.25) is 0 Å². The fourth-order valence-electron chi connectivity index (χ4n) is 3.00. The Bertz CT molecular complexity index is 656. The van der Waals surface area contributed by atoms with E-state index in [1.165, 1.54) is 5.56 Å². The Morgan fingerprint density at radius 3 is 2.25 bits per heavy atom. The third-order valence-electron chi connectivity index (χ3n) is 4.61. The molecule has 0 bridgehead atoms. The van der Waals surface area contributed by atoms with Gasteiger partial charge in [0.2, 0.25) is 10.0 Å². The maximum atomic E-state index is 12.3. The summed E-state index contributed by atoms with van der Waals surface area (Å²) in [5, 5.41) is 9.58. The molecule has 0 saturated carbocycles. The fourth-order valence-corrected chi connectivity index (χ4v) is 4.63. The molecule has 0 radical (unpaired) electrons. The molecule has 0 aromatic heterocycles. The van der Waals surface area contributed by atoms with Crippen LogP contribution < -0.4 is 0 Å². The Morgan fingerprint density at radius 1 is 1.12 bits per heavy atom. The van der Waals surface area contributed by atoms with Gasteiger partial charge in [0.05, 0.1) is 11.8 Å². The third kappa shape index (κ3) is 4.56. The molecule has 6 heteroatoms. The van der Waals surface area contributed by atoms with E-state index in [0.717, 1.165) is 18.4 Å². The lowest BCUT2D eigenvalue weighted by molar-refractivity contribution is 0.162. The van der Waals surface area contributed by atoms with Gasteiger partial charge in [-0.1, -0.05) is 44.5 Å². The minimum absolute atomic E-state index is 0.226. The summed E-state index contributed by atoms with van der Waals surface area (Å²) in [6, 6.07) is 10.2. The van der Waals surface area contributed by atoms with Crippen LogP contribution in [0.3, 0.4) is 0 Å². The number of unbranched alkanes of at least 4 members (excludes halogenated alkanes) is 1. The predicted octanol–water partition coefficient (Wildman–Crippen LogP) is 2.56. The van der Waals surface area contributed by atoms with Crippen molar-refractivity contribution in [2.24, 2.45) is 0 Å². The van der Waals surface area contributed by atoms with Crippen LogP contribution in [0.15, 0.2) is 24.3 Å². The maximum Gasteiger partial charge on any atom is 0.214 e. The smallest absolute Gasteiger partial charge is 0.214 e. The molecule has 0 amide bonds. The molecule has 1 aromatic carbocycles. The molecular formula is C18H27N3O2S. The van der Waals surface area contributed by atoms with Gasteiger partial charge in [-0.25, -0.2) is 8.42 Å². The molecule has 1 aromatic rings. The Hall–Kier alpha value is -1.42. The van der Waals surface area contributed by atoms with Crippen LogP contribution in [0.4, 0.5) is 0 Å². The highest BCUT2D eigenvalue weighted by Crippen LogP contribution is 2.23. The van der Waals surface area contributed by atoms with Crippen molar-refractivity contribution in [1.29, 1.82) is 5.26 Å². The van der Waals surface area contributed by atoms with Crippen LogP contribution >= 0.6 is 0 Å². The van der Waals surface area contributed by atoms with E-state index in [1.807, 2.05) is 19.1 Å². The largest absolute Gasteiger partial charge is 0.282 e. The molecule has 2 rings (SSSR count). The van der Waals surface area contributed by atoms with E-state index in [9.17, 15) is 13.7 Å². The average molecular weight is 350 g/mol. The normalized spacial score (nSPS) is 18.2. The van der Waals surface area contributed by atoms with Crippen molar-refractivity contribution < 1.29 is 8.42 Å². The first-order valence-electron chi connectivity index (χ1n) is 8.72. The number of sulfonamides is 1. The number of aryl methyl sites for hydroxylation is 1. The molecule has 0 spiro atoms. The zero-order valence-electron chi connectivity index (χ0n) is 14.6. The topological polar surface area (TPSA) is 64.4 Å². The van der Waals surface area contributed by atoms with E-state index >= 15 is 0 Å². The van der Waals surface area contributed by atoms with Crippen molar-refractivity contribution in [2.45, 2.75) is 39.2 Å². The first-order valence-corrected chi connectivity index (χ1v) is 10.3. The van der Waals surface area contributed by atoms with Crippen LogP contribution in [0.5, 0.6) is 0 Å². The van der Waals surface area contributed by atoms with E-state index in [4.69, 9.17) is 0 Å². The molecular weight excluding hydrogens is 322 g/mol. The van der Waals surface area contributed by atoms with Crippen molar-refractivity contribution >= 4 is 10.0 Å². The zero-order valence-corrected chi connectivity index (χ0v) is 15.4. The summed E-state index contributed by atoms with van der Waals surface area (Å²) < 4.78 is 26.1. The lowest BCUT2D eigenvalue weighted by atomic mass is 10.0. The van der Waals surface area contributed by atoms with E-state index < -0.39 is 10.0 Å². The highest BCUT2D eigenvalue weighted by molar-refractivity contribution is 7.89. The van der Waals surface area contributed by atoms with Gasteiger partial charge >= 0.3 is 0 Å². The molecule has 1 saturated heterocycles. The number of hydrogen-bond donors (Lipinski definition) is 0. The van der Waals surface area contributed by atoms with Gasteiger partial charge in [-0.05, 0) is 24.0 Å². The van der Waals surface area contributed by atoms with Crippen molar-refractivity contribution in [3.63, 3.8) is 0 Å². The summed E-state index contributed by atoms with van der Waals surface area (Å²) in [6.07, 6.45) is 2.56. The van der Waals surface area contributed by atoms with Crippen molar-refractivity contribution in [3.05, 3.63) is 35.4 Å². The second kappa shape index (κ2) is 8.61. The standard InChI is InChI=1S/C18H27N3O2S/c1-3-5-14-24(22,23)21-12-10-20(11-13-21)18(15-19)17-8-6-16(4-2)7-9-17/h6-9,18H,3-5,10-14H2,1-2H3. The predicted molar refractivity (Wildman–Crippen MR) is 96.0 cm³/mol. The molecule has 1 atom stereocenters. The van der Waals surface area contributed by atoms with Gasteiger partial charge in [-0.3, -0.25) is 4.90 Å². The molecule has 0 N–H and O–H groups in total. The van der Waals surface area contributed by atoms with Crippen LogP contribution in [-0.4, -0.2) is 49.6 Å². The fraction of sp³-hybridized carbons (Fsp3) is 0.611. The van der Waals surface area contributed by atoms with Gasteiger partial charge < -0.3 is 0 Å². The molecule has 1 aliphatic heterocycles. The summed E-state index contributed by atoms with van der Waals surface area (Å²) in [5.41, 5.74) is 2.24. The molecule has 1 fully saturated rings. The zero-order chi connectivity index (χ0) is 17.6. The molecule has 1 aliphatic rings. The Balaban J connectivity index is 2.00. The Morgan fingerprint density at radius 2 is 1.75 bits per heavy atom. The van der Waals surface area contributed by atoms with Gasteiger partial charge in [0.15, 0.2) is 0 Å². The van der Waals surface area contributed by atoms with E-state index in [0.29, 0.717) is 32.6 Å². The van der Waals surface area contributed by atoms with Crippen LogP contribution in [0.25, 0.3) is 0 Å². The number of rotatable bonds is 7. The van der Waals surface area contributed by atoms with Gasteiger partial charge in [0.25, 0.3) is 0 Å². The second-order valence-electron chi connectivity index (χ2n) is 6.23. The maximum absolute atomic E-state index is 12.3.